The zero-order valence-electron chi connectivity index (χ0n) is 16.4. The molecule has 0 bridgehead atoms. The minimum atomic E-state index is -3.88. The molecule has 0 fully saturated rings. The molecule has 0 aromatic heterocycles. The highest BCUT2D eigenvalue weighted by Gasteiger charge is 2.24. The van der Waals surface area contributed by atoms with E-state index in [2.05, 4.69) is 5.32 Å². The largest absolute Gasteiger partial charge is 0.493 e. The van der Waals surface area contributed by atoms with Gasteiger partial charge in [0.2, 0.25) is 15.9 Å². The summed E-state index contributed by atoms with van der Waals surface area (Å²) in [5.41, 5.74) is 0.602. The van der Waals surface area contributed by atoms with Crippen molar-refractivity contribution in [3.05, 3.63) is 60.7 Å². The predicted octanol–water partition coefficient (Wildman–Crippen LogP) is 3.12. The van der Waals surface area contributed by atoms with Gasteiger partial charge in [-0.2, -0.15) is 4.31 Å². The van der Waals surface area contributed by atoms with Crippen LogP contribution in [0.3, 0.4) is 0 Å². The third kappa shape index (κ3) is 4.49. The molecule has 7 nitrogen and oxygen atoms in total. The molecular weight excluding hydrogens is 392 g/mol. The monoisotopic (exact) mass is 414 g/mol. The number of hydrogen-bond donors (Lipinski definition) is 1. The lowest BCUT2D eigenvalue weighted by Crippen LogP contribution is -2.35. The molecule has 0 heterocycles. The van der Waals surface area contributed by atoms with Gasteiger partial charge in [0.15, 0.2) is 11.5 Å². The molecule has 0 radical (unpaired) electrons. The van der Waals surface area contributed by atoms with Crippen LogP contribution in [0.15, 0.2) is 65.6 Å². The fraction of sp³-hybridized carbons (Fsp3) is 0.190. The fourth-order valence-corrected chi connectivity index (χ4v) is 4.05. The number of sulfonamides is 1. The number of ether oxygens (including phenoxy) is 2. The van der Waals surface area contributed by atoms with E-state index in [4.69, 9.17) is 9.47 Å². The molecule has 1 amide bonds. The van der Waals surface area contributed by atoms with Crippen LogP contribution >= 0.6 is 0 Å². The maximum Gasteiger partial charge on any atom is 0.243 e. The van der Waals surface area contributed by atoms with Crippen LogP contribution in [0.5, 0.6) is 11.5 Å². The normalized spacial score (nSPS) is 11.4. The van der Waals surface area contributed by atoms with E-state index in [9.17, 15) is 13.2 Å². The van der Waals surface area contributed by atoms with Crippen molar-refractivity contribution in [2.45, 2.75) is 4.90 Å². The van der Waals surface area contributed by atoms with E-state index < -0.39 is 15.9 Å². The molecule has 0 unspecified atom stereocenters. The first-order valence-corrected chi connectivity index (χ1v) is 10.3. The zero-order chi connectivity index (χ0) is 21.0. The number of anilines is 1. The molecule has 29 heavy (non-hydrogen) atoms. The van der Waals surface area contributed by atoms with Crippen LogP contribution in [-0.4, -0.2) is 46.4 Å². The first-order valence-electron chi connectivity index (χ1n) is 8.82. The molecule has 8 heteroatoms. The number of carbonyl (C=O) groups excluding carboxylic acids is 1. The van der Waals surface area contributed by atoms with Gasteiger partial charge in [-0.3, -0.25) is 4.79 Å². The molecule has 0 atom stereocenters. The topological polar surface area (TPSA) is 84.9 Å². The third-order valence-electron chi connectivity index (χ3n) is 4.46. The molecule has 3 rings (SSSR count). The van der Waals surface area contributed by atoms with Crippen LogP contribution in [-0.2, 0) is 14.8 Å². The summed E-state index contributed by atoms with van der Waals surface area (Å²) in [6, 6.07) is 17.6. The molecule has 3 aromatic carbocycles. The van der Waals surface area contributed by atoms with Crippen molar-refractivity contribution in [1.82, 2.24) is 4.31 Å². The van der Waals surface area contributed by atoms with Gasteiger partial charge in [0.1, 0.15) is 0 Å². The Labute approximate surface area is 169 Å². The number of likely N-dealkylation sites (N-methyl/N-ethyl adjacent to an activating group) is 1. The summed E-state index contributed by atoms with van der Waals surface area (Å²) in [7, 11) is 0.365. The van der Waals surface area contributed by atoms with E-state index in [-0.39, 0.29) is 11.4 Å². The number of carbonyl (C=O) groups is 1. The zero-order valence-corrected chi connectivity index (χ0v) is 17.2. The Morgan fingerprint density at radius 3 is 2.31 bits per heavy atom. The average molecular weight is 414 g/mol. The Hall–Kier alpha value is -3.10. The molecule has 0 saturated heterocycles. The first-order chi connectivity index (χ1) is 13.8. The van der Waals surface area contributed by atoms with Crippen molar-refractivity contribution in [1.29, 1.82) is 0 Å². The standard InChI is InChI=1S/C21H22N2O5S/c1-23(29(25,26)18-10-11-19(27-2)20(13-18)28-3)14-21(24)22-17-9-8-15-6-4-5-7-16(15)12-17/h4-13H,14H2,1-3H3,(H,22,24). The highest BCUT2D eigenvalue weighted by Crippen LogP contribution is 2.30. The van der Waals surface area contributed by atoms with Crippen molar-refractivity contribution < 1.29 is 22.7 Å². The van der Waals surface area contributed by atoms with E-state index >= 15 is 0 Å². The van der Waals surface area contributed by atoms with Crippen LogP contribution in [0, 0.1) is 0 Å². The van der Waals surface area contributed by atoms with Crippen molar-refractivity contribution in [3.8, 4) is 11.5 Å². The molecule has 0 aliphatic heterocycles. The van der Waals surface area contributed by atoms with Crippen molar-refractivity contribution in [2.75, 3.05) is 33.1 Å². The third-order valence-corrected chi connectivity index (χ3v) is 6.26. The van der Waals surface area contributed by atoms with Gasteiger partial charge in [0, 0.05) is 18.8 Å². The van der Waals surface area contributed by atoms with Gasteiger partial charge >= 0.3 is 0 Å². The Morgan fingerprint density at radius 1 is 0.931 bits per heavy atom. The lowest BCUT2D eigenvalue weighted by atomic mass is 10.1. The summed E-state index contributed by atoms with van der Waals surface area (Å²) in [6.45, 7) is -0.330. The van der Waals surface area contributed by atoms with E-state index in [0.717, 1.165) is 15.1 Å². The Morgan fingerprint density at radius 2 is 1.62 bits per heavy atom. The van der Waals surface area contributed by atoms with Gasteiger partial charge in [0.05, 0.1) is 25.7 Å². The minimum Gasteiger partial charge on any atom is -0.493 e. The summed E-state index contributed by atoms with van der Waals surface area (Å²) in [5.74, 6) is 0.276. The molecule has 0 saturated carbocycles. The van der Waals surface area contributed by atoms with Gasteiger partial charge in [0.25, 0.3) is 0 Å². The Kier molecular flexibility index (Phi) is 6.05. The molecule has 3 aromatic rings. The second-order valence-corrected chi connectivity index (χ2v) is 8.43. The summed E-state index contributed by atoms with van der Waals surface area (Å²) < 4.78 is 36.9. The van der Waals surface area contributed by atoms with E-state index in [0.29, 0.717) is 17.2 Å². The summed E-state index contributed by atoms with van der Waals surface area (Å²) in [5, 5.41) is 4.78. The minimum absolute atomic E-state index is 0.0103. The van der Waals surface area contributed by atoms with Gasteiger partial charge in [-0.25, -0.2) is 8.42 Å². The number of hydrogen-bond acceptors (Lipinski definition) is 5. The Balaban J connectivity index is 1.73. The SMILES string of the molecule is COc1ccc(S(=O)(=O)N(C)CC(=O)Nc2ccc3ccccc3c2)cc1OC. The van der Waals surface area contributed by atoms with Gasteiger partial charge in [-0.15, -0.1) is 0 Å². The number of rotatable bonds is 7. The van der Waals surface area contributed by atoms with Crippen LogP contribution in [0.4, 0.5) is 5.69 Å². The Bertz CT molecular complexity index is 1140. The predicted molar refractivity (Wildman–Crippen MR) is 112 cm³/mol. The quantitative estimate of drug-likeness (QED) is 0.642. The van der Waals surface area contributed by atoms with Gasteiger partial charge < -0.3 is 14.8 Å². The second-order valence-electron chi connectivity index (χ2n) is 6.39. The molecule has 0 spiro atoms. The lowest BCUT2D eigenvalue weighted by molar-refractivity contribution is -0.116. The van der Waals surface area contributed by atoms with Crippen molar-refractivity contribution >= 4 is 32.4 Å². The number of benzene rings is 3. The van der Waals surface area contributed by atoms with Crippen molar-refractivity contribution in [3.63, 3.8) is 0 Å². The van der Waals surface area contributed by atoms with E-state index in [1.54, 1.807) is 6.07 Å². The van der Waals surface area contributed by atoms with Gasteiger partial charge in [-0.1, -0.05) is 30.3 Å². The number of fused-ring (bicyclic) bond motifs is 1. The molecule has 1 N–H and O–H groups in total. The van der Waals surface area contributed by atoms with Crippen LogP contribution in [0.2, 0.25) is 0 Å². The second kappa shape index (κ2) is 8.50. The highest BCUT2D eigenvalue weighted by atomic mass is 32.2. The number of nitrogens with zero attached hydrogens (tertiary/aromatic N) is 1. The lowest BCUT2D eigenvalue weighted by Gasteiger charge is -2.18. The first kappa shape index (κ1) is 20.6. The average Bonchev–Trinajstić information content (AvgIpc) is 2.72. The summed E-state index contributed by atoms with van der Waals surface area (Å²) in [6.07, 6.45) is 0. The maximum atomic E-state index is 12.8. The molecule has 0 aliphatic rings. The molecular formula is C21H22N2O5S. The maximum absolute atomic E-state index is 12.8. The number of nitrogens with one attached hydrogen (secondary N) is 1. The number of methoxy groups -OCH3 is 2. The highest BCUT2D eigenvalue weighted by molar-refractivity contribution is 7.89. The van der Waals surface area contributed by atoms with Crippen LogP contribution in [0.25, 0.3) is 10.8 Å². The molecule has 0 aliphatic carbocycles. The smallest absolute Gasteiger partial charge is 0.243 e. The van der Waals surface area contributed by atoms with Crippen molar-refractivity contribution in [2.24, 2.45) is 0 Å². The summed E-state index contributed by atoms with van der Waals surface area (Å²) >= 11 is 0. The van der Waals surface area contributed by atoms with E-state index in [1.165, 1.54) is 39.5 Å². The number of amides is 1. The summed E-state index contributed by atoms with van der Waals surface area (Å²) in [4.78, 5) is 12.4. The van der Waals surface area contributed by atoms with Gasteiger partial charge in [-0.05, 0) is 35.0 Å². The fourth-order valence-electron chi connectivity index (χ4n) is 2.91. The van der Waals surface area contributed by atoms with Crippen LogP contribution in [0.1, 0.15) is 0 Å². The van der Waals surface area contributed by atoms with Crippen LogP contribution < -0.4 is 14.8 Å². The molecule has 152 valence electrons. The van der Waals surface area contributed by atoms with E-state index in [1.807, 2.05) is 36.4 Å².